The van der Waals surface area contributed by atoms with Crippen molar-refractivity contribution in [3.05, 3.63) is 144 Å². The van der Waals surface area contributed by atoms with Gasteiger partial charge in [0.1, 0.15) is 31.3 Å². The predicted molar refractivity (Wildman–Crippen MR) is 183 cm³/mol. The van der Waals surface area contributed by atoms with E-state index < -0.39 is 11.4 Å². The highest BCUT2D eigenvalue weighted by atomic mass is 16.6. The predicted octanol–water partition coefficient (Wildman–Crippen LogP) is 8.11. The Bertz CT molecular complexity index is 1900. The summed E-state index contributed by atoms with van der Waals surface area (Å²) in [6, 6.07) is 40.1. The zero-order chi connectivity index (χ0) is 32.6. The fraction of sp³-hybridized carbons (Fsp3) is 0.179. The van der Waals surface area contributed by atoms with E-state index >= 15 is 0 Å². The van der Waals surface area contributed by atoms with E-state index in [0.717, 1.165) is 55.8 Å². The Morgan fingerprint density at radius 3 is 1.62 bits per heavy atom. The third-order valence-corrected chi connectivity index (χ3v) is 8.27. The van der Waals surface area contributed by atoms with Gasteiger partial charge in [0.05, 0.1) is 22.4 Å². The van der Waals surface area contributed by atoms with Crippen molar-refractivity contribution >= 4 is 33.5 Å². The average Bonchev–Trinajstić information content (AvgIpc) is 3.11. The highest BCUT2D eigenvalue weighted by Gasteiger charge is 2.29. The monoisotopic (exact) mass is 625 g/mol. The highest BCUT2D eigenvalue weighted by molar-refractivity contribution is 6.34. The number of pyridine rings is 2. The van der Waals surface area contributed by atoms with Gasteiger partial charge in [-0.05, 0) is 73.0 Å². The van der Waals surface area contributed by atoms with E-state index in [1.54, 1.807) is 0 Å². The molecule has 0 aliphatic carbocycles. The van der Waals surface area contributed by atoms with Crippen molar-refractivity contribution in [3.8, 4) is 11.5 Å². The Balaban J connectivity index is 1.16. The van der Waals surface area contributed by atoms with E-state index in [1.807, 2.05) is 109 Å². The molecule has 6 aromatic rings. The number of hydrogen-bond donors (Lipinski definition) is 1. The van der Waals surface area contributed by atoms with Crippen LogP contribution in [0.2, 0.25) is 0 Å². The van der Waals surface area contributed by atoms with Gasteiger partial charge in [-0.25, -0.2) is 14.8 Å². The number of ether oxygens (including phenoxy) is 2. The Labute approximate surface area is 273 Å². The first-order valence-corrected chi connectivity index (χ1v) is 15.4. The summed E-state index contributed by atoms with van der Waals surface area (Å²) in [6.07, 6.45) is 0.547. The van der Waals surface area contributed by atoms with Crippen LogP contribution in [0.15, 0.2) is 126 Å². The van der Waals surface area contributed by atoms with Crippen LogP contribution in [-0.2, 0) is 28.3 Å². The van der Waals surface area contributed by atoms with Crippen LogP contribution < -0.4 is 9.47 Å². The van der Waals surface area contributed by atoms with Crippen LogP contribution in [0.3, 0.4) is 0 Å². The van der Waals surface area contributed by atoms with E-state index in [4.69, 9.17) is 29.4 Å². The lowest BCUT2D eigenvalue weighted by Gasteiger charge is -2.31. The molecule has 2 aromatic heterocycles. The van der Waals surface area contributed by atoms with Gasteiger partial charge in [0, 0.05) is 16.2 Å². The van der Waals surface area contributed by atoms with E-state index in [-0.39, 0.29) is 12.3 Å². The van der Waals surface area contributed by atoms with Crippen molar-refractivity contribution in [2.24, 2.45) is 5.16 Å². The second-order valence-electron chi connectivity index (χ2n) is 11.5. The van der Waals surface area contributed by atoms with E-state index in [0.29, 0.717) is 19.6 Å². The number of para-hydroxylation sites is 2. The topological polar surface area (TPSA) is 103 Å². The third-order valence-electron chi connectivity index (χ3n) is 8.27. The van der Waals surface area contributed by atoms with Gasteiger partial charge in [-0.3, -0.25) is 0 Å². The summed E-state index contributed by atoms with van der Waals surface area (Å²) in [5.74, 6) is 0.349. The fourth-order valence-electron chi connectivity index (χ4n) is 5.42. The van der Waals surface area contributed by atoms with Gasteiger partial charge in [0.25, 0.3) is 0 Å². The molecule has 0 aliphatic heterocycles. The number of carbonyl (C=O) groups is 1. The first kappa shape index (κ1) is 31.2. The van der Waals surface area contributed by atoms with Crippen LogP contribution in [-0.4, -0.2) is 33.4 Å². The molecule has 47 heavy (non-hydrogen) atoms. The molecule has 0 saturated heterocycles. The van der Waals surface area contributed by atoms with E-state index in [1.165, 1.54) is 6.92 Å². The maximum Gasteiger partial charge on any atom is 0.353 e. The number of fused-ring (bicyclic) bond motifs is 2. The number of carboxylic acids is 1. The number of rotatable bonds is 13. The average molecular weight is 626 g/mol. The van der Waals surface area contributed by atoms with Gasteiger partial charge in [-0.2, -0.15) is 0 Å². The second-order valence-corrected chi connectivity index (χ2v) is 11.5. The summed E-state index contributed by atoms with van der Waals surface area (Å²) in [6.45, 7) is 4.46. The smallest absolute Gasteiger partial charge is 0.353 e. The minimum atomic E-state index is -1.11. The number of aromatic nitrogens is 2. The minimum absolute atomic E-state index is 0.100. The summed E-state index contributed by atoms with van der Waals surface area (Å²) in [7, 11) is 0. The number of oxime groups is 1. The molecule has 2 heterocycles. The molecule has 8 nitrogen and oxygen atoms in total. The normalized spacial score (nSPS) is 11.8. The quantitative estimate of drug-likeness (QED) is 0.0786. The number of aliphatic carboxylic acids is 1. The van der Waals surface area contributed by atoms with Crippen molar-refractivity contribution in [1.82, 2.24) is 9.97 Å². The molecule has 0 radical (unpaired) electrons. The van der Waals surface area contributed by atoms with Crippen LogP contribution in [0.25, 0.3) is 21.8 Å². The minimum Gasteiger partial charge on any atom is -0.487 e. The summed E-state index contributed by atoms with van der Waals surface area (Å²) in [5.41, 5.74) is 5.09. The Morgan fingerprint density at radius 2 is 1.15 bits per heavy atom. The summed E-state index contributed by atoms with van der Waals surface area (Å²) in [4.78, 5) is 26.0. The van der Waals surface area contributed by atoms with Crippen molar-refractivity contribution in [2.75, 3.05) is 6.61 Å². The first-order valence-electron chi connectivity index (χ1n) is 15.4. The van der Waals surface area contributed by atoms with Crippen LogP contribution in [0.4, 0.5) is 0 Å². The third kappa shape index (κ3) is 7.56. The van der Waals surface area contributed by atoms with Gasteiger partial charge in [0.2, 0.25) is 0 Å². The van der Waals surface area contributed by atoms with Gasteiger partial charge < -0.3 is 19.4 Å². The maximum atomic E-state index is 11.2. The lowest BCUT2D eigenvalue weighted by molar-refractivity contribution is -0.129. The van der Waals surface area contributed by atoms with Gasteiger partial charge in [-0.1, -0.05) is 84.9 Å². The Hall–Kier alpha value is -5.76. The van der Waals surface area contributed by atoms with E-state index in [9.17, 15) is 4.79 Å². The molecule has 0 unspecified atom stereocenters. The zero-order valence-corrected chi connectivity index (χ0v) is 26.3. The molecule has 0 fully saturated rings. The number of benzene rings is 4. The van der Waals surface area contributed by atoms with Gasteiger partial charge >= 0.3 is 5.97 Å². The Morgan fingerprint density at radius 1 is 0.681 bits per heavy atom. The molecule has 1 N–H and O–H groups in total. The molecule has 236 valence electrons. The molecule has 0 bridgehead atoms. The van der Waals surface area contributed by atoms with Gasteiger partial charge in [-0.15, -0.1) is 0 Å². The molecule has 4 aromatic carbocycles. The molecule has 0 saturated carbocycles. The van der Waals surface area contributed by atoms with Crippen molar-refractivity contribution in [3.63, 3.8) is 0 Å². The Kier molecular flexibility index (Phi) is 9.38. The molecule has 0 aliphatic rings. The van der Waals surface area contributed by atoms with E-state index in [2.05, 4.69) is 24.2 Å². The SMILES string of the molecule is C/C(=N\OCCC(C)(c1ccc(OCc2ccc3ccccc3n2)cc1)c1ccc(OCc2ccc3ccccc3n2)cc1)C(=O)O. The van der Waals surface area contributed by atoms with Crippen molar-refractivity contribution in [1.29, 1.82) is 0 Å². The largest absolute Gasteiger partial charge is 0.487 e. The summed E-state index contributed by atoms with van der Waals surface area (Å²) < 4.78 is 12.2. The molecule has 8 heteroatoms. The van der Waals surface area contributed by atoms with Crippen LogP contribution in [0.5, 0.6) is 11.5 Å². The molecule has 6 rings (SSSR count). The summed E-state index contributed by atoms with van der Waals surface area (Å²) in [5, 5.41) is 15.1. The lowest BCUT2D eigenvalue weighted by atomic mass is 9.74. The molecule has 0 spiro atoms. The zero-order valence-electron chi connectivity index (χ0n) is 26.3. The molecular formula is C39H35N3O5. The second kappa shape index (κ2) is 14.1. The number of hydrogen-bond acceptors (Lipinski definition) is 7. The highest BCUT2D eigenvalue weighted by Crippen LogP contribution is 2.37. The lowest BCUT2D eigenvalue weighted by Crippen LogP contribution is -2.25. The van der Waals surface area contributed by atoms with Crippen LogP contribution in [0, 0.1) is 0 Å². The number of nitrogens with zero attached hydrogens (tertiary/aromatic N) is 3. The summed E-state index contributed by atoms with van der Waals surface area (Å²) >= 11 is 0. The van der Waals surface area contributed by atoms with Crippen molar-refractivity contribution in [2.45, 2.75) is 38.9 Å². The number of carboxylic acid groups (broad SMARTS) is 1. The van der Waals surface area contributed by atoms with Crippen LogP contribution in [0.1, 0.15) is 42.8 Å². The molecular weight excluding hydrogens is 590 g/mol. The standard InChI is InChI=1S/C39H35N3O5/c1-27(38(43)44)42-47-24-23-39(2,30-13-19-34(20-14-30)45-25-32-17-11-28-7-3-5-9-36(28)40-32)31-15-21-35(22-16-31)46-26-33-18-12-29-8-4-6-10-37(29)41-33/h3-22H,23-26H2,1-2H3,(H,43,44)/b42-27+. The van der Waals surface area contributed by atoms with Crippen molar-refractivity contribution < 1.29 is 24.2 Å². The maximum absolute atomic E-state index is 11.2. The van der Waals surface area contributed by atoms with Crippen LogP contribution >= 0.6 is 0 Å². The first-order chi connectivity index (χ1) is 22.9. The molecule has 0 atom stereocenters. The van der Waals surface area contributed by atoms with Gasteiger partial charge in [0.15, 0.2) is 5.71 Å². The fourth-order valence-corrected chi connectivity index (χ4v) is 5.42. The molecule has 0 amide bonds.